The molecule has 29 heavy (non-hydrogen) atoms. The highest BCUT2D eigenvalue weighted by Crippen LogP contribution is 2.39. The number of benzene rings is 3. The minimum absolute atomic E-state index is 0.199. The van der Waals surface area contributed by atoms with Crippen molar-refractivity contribution in [2.75, 3.05) is 0 Å². The lowest BCUT2D eigenvalue weighted by Gasteiger charge is -2.13. The molecular weight excluding hydrogens is 392 g/mol. The van der Waals surface area contributed by atoms with E-state index >= 15 is 0 Å². The van der Waals surface area contributed by atoms with Crippen molar-refractivity contribution < 1.29 is 23.1 Å². The summed E-state index contributed by atoms with van der Waals surface area (Å²) in [6, 6.07) is 16.6. The Hall–Kier alpha value is -3.78. The van der Waals surface area contributed by atoms with E-state index in [4.69, 9.17) is 0 Å². The standard InChI is InChI=1S/C21H12N2O5S/c24-20-15-8-2-1-7-14(15)19-18-16(20)9-4-10-17(18)23(22-19)29(27,28)13-6-3-5-12(11-13)21(25)26/h1-11H,(H,25,26)/p-1. The number of carboxylic acid groups (broad SMARTS) is 1. The second kappa shape index (κ2) is 5.86. The number of carboxylic acids is 1. The molecule has 0 atom stereocenters. The van der Waals surface area contributed by atoms with Gasteiger partial charge in [0.25, 0.3) is 10.0 Å². The number of fused-ring (bicyclic) bond motifs is 2. The van der Waals surface area contributed by atoms with Gasteiger partial charge in [0.15, 0.2) is 5.78 Å². The monoisotopic (exact) mass is 403 g/mol. The molecule has 1 aliphatic carbocycles. The van der Waals surface area contributed by atoms with Gasteiger partial charge < -0.3 is 9.90 Å². The molecule has 0 N–H and O–H groups in total. The molecule has 4 aromatic rings. The predicted molar refractivity (Wildman–Crippen MR) is 102 cm³/mol. The van der Waals surface area contributed by atoms with Crippen LogP contribution in [0, 0.1) is 0 Å². The zero-order valence-corrected chi connectivity index (χ0v) is 15.5. The average molecular weight is 403 g/mol. The molecule has 0 unspecified atom stereocenters. The van der Waals surface area contributed by atoms with E-state index in [2.05, 4.69) is 5.10 Å². The molecule has 7 nitrogen and oxygen atoms in total. The molecule has 142 valence electrons. The number of ketones is 1. The Balaban J connectivity index is 1.83. The number of aromatic nitrogens is 2. The van der Waals surface area contributed by atoms with Gasteiger partial charge in [0.1, 0.15) is 5.69 Å². The molecule has 0 fully saturated rings. The summed E-state index contributed by atoms with van der Waals surface area (Å²) in [6.07, 6.45) is 0. The fourth-order valence-electron chi connectivity index (χ4n) is 3.62. The molecule has 0 radical (unpaired) electrons. The van der Waals surface area contributed by atoms with Crippen LogP contribution in [0.15, 0.2) is 71.6 Å². The highest BCUT2D eigenvalue weighted by molar-refractivity contribution is 7.90. The Morgan fingerprint density at radius 1 is 0.897 bits per heavy atom. The minimum Gasteiger partial charge on any atom is -0.545 e. The molecule has 8 heteroatoms. The Kier molecular flexibility index (Phi) is 3.50. The molecule has 5 rings (SSSR count). The molecule has 0 saturated heterocycles. The lowest BCUT2D eigenvalue weighted by molar-refractivity contribution is -0.255. The first-order valence-electron chi connectivity index (χ1n) is 8.62. The van der Waals surface area contributed by atoms with Crippen LogP contribution in [0.25, 0.3) is 22.2 Å². The van der Waals surface area contributed by atoms with Gasteiger partial charge in [-0.3, -0.25) is 4.79 Å². The Morgan fingerprint density at radius 3 is 2.34 bits per heavy atom. The molecule has 0 spiro atoms. The number of hydrogen-bond acceptors (Lipinski definition) is 6. The first-order valence-corrected chi connectivity index (χ1v) is 10.1. The van der Waals surface area contributed by atoms with Crippen molar-refractivity contribution in [3.8, 4) is 11.3 Å². The quantitative estimate of drug-likeness (QED) is 0.455. The Labute approximate surface area is 164 Å². The summed E-state index contributed by atoms with van der Waals surface area (Å²) in [5, 5.41) is 15.9. The number of carbonyl (C=O) groups is 2. The molecule has 1 aliphatic rings. The molecule has 1 aromatic heterocycles. The van der Waals surface area contributed by atoms with Crippen LogP contribution in [0.1, 0.15) is 26.3 Å². The lowest BCUT2D eigenvalue weighted by atomic mass is 9.87. The van der Waals surface area contributed by atoms with Gasteiger partial charge in [-0.15, -0.1) is 0 Å². The zero-order valence-electron chi connectivity index (χ0n) is 14.7. The molecule has 1 heterocycles. The summed E-state index contributed by atoms with van der Waals surface area (Å²) in [5.41, 5.74) is 1.77. The van der Waals surface area contributed by atoms with Crippen LogP contribution in [0.5, 0.6) is 0 Å². The molecule has 3 aromatic carbocycles. The third-order valence-corrected chi connectivity index (χ3v) is 6.53. The predicted octanol–water partition coefficient (Wildman–Crippen LogP) is 1.85. The van der Waals surface area contributed by atoms with Crippen molar-refractivity contribution in [3.05, 3.63) is 83.4 Å². The van der Waals surface area contributed by atoms with Crippen LogP contribution in [0.3, 0.4) is 0 Å². The fraction of sp³-hybridized carbons (Fsp3) is 0. The van der Waals surface area contributed by atoms with Crippen LogP contribution in [-0.4, -0.2) is 29.4 Å². The van der Waals surface area contributed by atoms with Crippen molar-refractivity contribution in [1.82, 2.24) is 9.19 Å². The smallest absolute Gasteiger partial charge is 0.283 e. The summed E-state index contributed by atoms with van der Waals surface area (Å²) in [4.78, 5) is 23.8. The van der Waals surface area contributed by atoms with Crippen molar-refractivity contribution in [2.45, 2.75) is 4.90 Å². The maximum absolute atomic E-state index is 13.3. The minimum atomic E-state index is -4.22. The Bertz CT molecular complexity index is 1470. The third-order valence-electron chi connectivity index (χ3n) is 4.94. The summed E-state index contributed by atoms with van der Waals surface area (Å²) in [5.74, 6) is -1.68. The summed E-state index contributed by atoms with van der Waals surface area (Å²) in [6.45, 7) is 0. The van der Waals surface area contributed by atoms with E-state index in [1.54, 1.807) is 42.5 Å². The van der Waals surface area contributed by atoms with Gasteiger partial charge in [0.2, 0.25) is 0 Å². The summed E-state index contributed by atoms with van der Waals surface area (Å²) < 4.78 is 27.4. The normalized spacial score (nSPS) is 12.8. The van der Waals surface area contributed by atoms with Gasteiger partial charge in [-0.1, -0.05) is 48.5 Å². The first kappa shape index (κ1) is 17.3. The molecule has 0 amide bonds. The maximum atomic E-state index is 13.3. The van der Waals surface area contributed by atoms with E-state index in [0.29, 0.717) is 27.8 Å². The maximum Gasteiger partial charge on any atom is 0.283 e. The molecule has 0 aliphatic heterocycles. The van der Waals surface area contributed by atoms with Gasteiger partial charge in [0, 0.05) is 22.1 Å². The summed E-state index contributed by atoms with van der Waals surface area (Å²) in [7, 11) is -4.22. The van der Waals surface area contributed by atoms with E-state index in [1.807, 2.05) is 0 Å². The van der Waals surface area contributed by atoms with Crippen molar-refractivity contribution in [1.29, 1.82) is 0 Å². The average Bonchev–Trinajstić information content (AvgIpc) is 3.13. The number of carbonyl (C=O) groups excluding carboxylic acids is 2. The second-order valence-corrected chi connectivity index (χ2v) is 8.35. The SMILES string of the molecule is O=C([O-])c1cccc(S(=O)(=O)n2nc3c4c(cccc42)C(=O)c2ccccc2-3)c1. The van der Waals surface area contributed by atoms with Gasteiger partial charge in [-0.2, -0.15) is 17.6 Å². The van der Waals surface area contributed by atoms with Crippen molar-refractivity contribution in [2.24, 2.45) is 0 Å². The lowest BCUT2D eigenvalue weighted by Crippen LogP contribution is -2.23. The number of hydrogen-bond donors (Lipinski definition) is 0. The van der Waals surface area contributed by atoms with E-state index < -0.39 is 16.0 Å². The number of rotatable bonds is 3. The van der Waals surface area contributed by atoms with Gasteiger partial charge in [-0.05, 0) is 23.8 Å². The van der Waals surface area contributed by atoms with E-state index in [-0.39, 0.29) is 21.8 Å². The van der Waals surface area contributed by atoms with E-state index in [0.717, 1.165) is 10.2 Å². The van der Waals surface area contributed by atoms with Crippen LogP contribution in [0.2, 0.25) is 0 Å². The van der Waals surface area contributed by atoms with Crippen LogP contribution >= 0.6 is 0 Å². The largest absolute Gasteiger partial charge is 0.545 e. The molecule has 0 bridgehead atoms. The van der Waals surface area contributed by atoms with Gasteiger partial charge >= 0.3 is 0 Å². The Morgan fingerprint density at radius 2 is 1.59 bits per heavy atom. The highest BCUT2D eigenvalue weighted by Gasteiger charge is 2.31. The number of nitrogens with zero attached hydrogens (tertiary/aromatic N) is 2. The third kappa shape index (κ3) is 2.36. The highest BCUT2D eigenvalue weighted by atomic mass is 32.2. The fourth-order valence-corrected chi connectivity index (χ4v) is 4.95. The zero-order chi connectivity index (χ0) is 20.3. The number of aromatic carboxylic acids is 1. The van der Waals surface area contributed by atoms with E-state index in [1.165, 1.54) is 18.2 Å². The van der Waals surface area contributed by atoms with E-state index in [9.17, 15) is 23.1 Å². The summed E-state index contributed by atoms with van der Waals surface area (Å²) >= 11 is 0. The van der Waals surface area contributed by atoms with Crippen molar-refractivity contribution >= 4 is 32.7 Å². The first-order chi connectivity index (χ1) is 13.9. The topological polar surface area (TPSA) is 109 Å². The van der Waals surface area contributed by atoms with Crippen LogP contribution in [-0.2, 0) is 10.0 Å². The second-order valence-electron chi connectivity index (χ2n) is 6.59. The van der Waals surface area contributed by atoms with Gasteiger partial charge in [-0.25, -0.2) is 0 Å². The van der Waals surface area contributed by atoms with Gasteiger partial charge in [0.05, 0.1) is 16.4 Å². The van der Waals surface area contributed by atoms with Crippen LogP contribution < -0.4 is 5.11 Å². The molecular formula is C21H11N2O5S-. The van der Waals surface area contributed by atoms with Crippen molar-refractivity contribution in [3.63, 3.8) is 0 Å². The van der Waals surface area contributed by atoms with Crippen LogP contribution in [0.4, 0.5) is 0 Å². The molecule has 0 saturated carbocycles.